The first kappa shape index (κ1) is 51.7. The van der Waals surface area contributed by atoms with Crippen LogP contribution in [-0.2, 0) is 51.4 Å². The molecule has 0 radical (unpaired) electrons. The van der Waals surface area contributed by atoms with Crippen LogP contribution < -0.4 is 0 Å². The number of ether oxygens (including phenoxy) is 4. The fraction of sp³-hybridized carbons (Fsp3) is 0.911. The largest absolute Gasteiger partial charge is 0.500 e. The minimum absolute atomic E-state index is 0.0801. The van der Waals surface area contributed by atoms with Gasteiger partial charge < -0.3 is 32.2 Å². The molecule has 0 spiro atoms. The van der Waals surface area contributed by atoms with E-state index in [2.05, 4.69) is 27.7 Å². The van der Waals surface area contributed by atoms with Crippen LogP contribution in [0, 0.1) is 0 Å². The molecule has 4 aliphatic carbocycles. The lowest BCUT2D eigenvalue weighted by Gasteiger charge is -2.32. The Morgan fingerprint density at radius 1 is 0.533 bits per heavy atom. The van der Waals surface area contributed by atoms with Crippen molar-refractivity contribution < 1.29 is 51.4 Å². The Morgan fingerprint density at radius 3 is 1.28 bits per heavy atom. The maximum absolute atomic E-state index is 14.3. The predicted octanol–water partition coefficient (Wildman–Crippen LogP) is 10.4. The lowest BCUT2D eigenvalue weighted by atomic mass is 9.98. The zero-order chi connectivity index (χ0) is 43.7. The first-order valence-electron chi connectivity index (χ1n) is 23.2. The molecule has 4 saturated carbocycles. The molecule has 15 heteroatoms. The Morgan fingerprint density at radius 2 is 0.900 bits per heavy atom. The summed E-state index contributed by atoms with van der Waals surface area (Å²) < 4.78 is 42.1. The maximum atomic E-state index is 14.3. The molecule has 0 aromatic rings. The highest BCUT2D eigenvalue weighted by atomic mass is 32.2. The van der Waals surface area contributed by atoms with Crippen molar-refractivity contribution in [2.45, 2.75) is 220 Å². The molecule has 0 amide bonds. The predicted molar refractivity (Wildman–Crippen MR) is 245 cm³/mol. The van der Waals surface area contributed by atoms with Crippen LogP contribution in [0.15, 0.2) is 0 Å². The third-order valence-corrected chi connectivity index (χ3v) is 21.2. The quantitative estimate of drug-likeness (QED) is 0.0319. The van der Waals surface area contributed by atoms with E-state index in [-0.39, 0.29) is 42.0 Å². The molecule has 4 aliphatic rings. The molecule has 0 aliphatic heterocycles. The van der Waals surface area contributed by atoms with E-state index in [9.17, 15) is 19.2 Å². The van der Waals surface area contributed by atoms with Crippen LogP contribution >= 0.6 is 35.3 Å². The highest BCUT2D eigenvalue weighted by Crippen LogP contribution is 2.42. The number of rotatable bonds is 28. The molecule has 0 aromatic heterocycles. The van der Waals surface area contributed by atoms with Crippen molar-refractivity contribution in [2.75, 3.05) is 38.6 Å². The molecule has 0 bridgehead atoms. The number of carbonyl (C=O) groups is 4. The molecule has 11 nitrogen and oxygen atoms in total. The van der Waals surface area contributed by atoms with E-state index in [1.54, 1.807) is 33.1 Å². The molecule has 0 aromatic carbocycles. The van der Waals surface area contributed by atoms with E-state index in [0.717, 1.165) is 141 Å². The van der Waals surface area contributed by atoms with Gasteiger partial charge in [0.25, 0.3) is 0 Å². The average molecular weight is 919 g/mol. The molecule has 60 heavy (non-hydrogen) atoms. The van der Waals surface area contributed by atoms with Crippen molar-refractivity contribution in [3.63, 3.8) is 0 Å². The molecular weight excluding hydrogens is 841 g/mol. The summed E-state index contributed by atoms with van der Waals surface area (Å²) in [6.07, 6.45) is 18.4. The SMILES string of the molecule is CCC1(OC(=O)CC(SCC(CSCCC[Si](OC)(OC)OC)SC(CC(=O)OC2(CC)CCCC2)C(=O)OC2(CC)CCCC2)C(=O)OC2(CC)CCCC2)CCCC1. The van der Waals surface area contributed by atoms with Gasteiger partial charge in [0.1, 0.15) is 32.9 Å². The van der Waals surface area contributed by atoms with E-state index in [4.69, 9.17) is 32.2 Å². The highest BCUT2D eigenvalue weighted by molar-refractivity contribution is 8.06. The van der Waals surface area contributed by atoms with E-state index >= 15 is 0 Å². The Labute approximate surface area is 375 Å². The van der Waals surface area contributed by atoms with E-state index in [1.165, 1.54) is 23.5 Å². The fourth-order valence-electron chi connectivity index (χ4n) is 9.76. The average Bonchev–Trinajstić information content (AvgIpc) is 4.10. The van der Waals surface area contributed by atoms with Gasteiger partial charge in [0, 0.05) is 44.1 Å². The lowest BCUT2D eigenvalue weighted by molar-refractivity contribution is -0.166. The Hall–Kier alpha value is -0.973. The second-order valence-electron chi connectivity index (χ2n) is 17.7. The topological polar surface area (TPSA) is 133 Å². The first-order valence-corrected chi connectivity index (χ1v) is 28.3. The van der Waals surface area contributed by atoms with Gasteiger partial charge >= 0.3 is 32.7 Å². The Bertz CT molecular complexity index is 1330. The van der Waals surface area contributed by atoms with Crippen LogP contribution in [0.4, 0.5) is 0 Å². The van der Waals surface area contributed by atoms with Crippen molar-refractivity contribution in [2.24, 2.45) is 0 Å². The number of thioether (sulfide) groups is 3. The first-order chi connectivity index (χ1) is 28.8. The van der Waals surface area contributed by atoms with Gasteiger partial charge in [0.2, 0.25) is 0 Å². The molecule has 0 saturated heterocycles. The molecule has 3 unspecified atom stereocenters. The number of hydrogen-bond donors (Lipinski definition) is 0. The van der Waals surface area contributed by atoms with Crippen LogP contribution in [0.1, 0.15) is 175 Å². The summed E-state index contributed by atoms with van der Waals surface area (Å²) in [5, 5.41) is -1.74. The van der Waals surface area contributed by atoms with Crippen molar-refractivity contribution in [1.82, 2.24) is 0 Å². The standard InChI is InChI=1S/C45H78O11S3Si/c1-8-42(21-12-13-22-42)53-38(46)31-36(40(48)55-44(10-3)25-16-17-26-44)58-34-35(33-57-29-20-30-60(50-5,51-6)52-7)59-37(41(49)56-45(11-4)27-18-19-28-45)32-39(47)54-43(9-2)23-14-15-24-43/h35-37H,8-34H2,1-7H3. The zero-order valence-electron chi connectivity index (χ0n) is 38.0. The van der Waals surface area contributed by atoms with Gasteiger partial charge in [-0.05, 0) is 141 Å². The minimum atomic E-state index is -2.74. The van der Waals surface area contributed by atoms with E-state index in [0.29, 0.717) is 17.5 Å². The number of hydrogen-bond acceptors (Lipinski definition) is 14. The summed E-state index contributed by atoms with van der Waals surface area (Å²) in [7, 11) is 2.11. The number of carbonyl (C=O) groups excluding carboxylic acids is 4. The monoisotopic (exact) mass is 918 g/mol. The summed E-state index contributed by atoms with van der Waals surface area (Å²) in [5.41, 5.74) is -1.97. The van der Waals surface area contributed by atoms with Crippen molar-refractivity contribution >= 4 is 68.0 Å². The van der Waals surface area contributed by atoms with Crippen LogP contribution in [-0.4, -0.2) is 109 Å². The van der Waals surface area contributed by atoms with Gasteiger partial charge in [-0.15, -0.1) is 23.5 Å². The van der Waals surface area contributed by atoms with Crippen LogP contribution in [0.5, 0.6) is 0 Å². The van der Waals surface area contributed by atoms with E-state index in [1.807, 2.05) is 0 Å². The third kappa shape index (κ3) is 14.8. The lowest BCUT2D eigenvalue weighted by Crippen LogP contribution is -2.42. The van der Waals surface area contributed by atoms with E-state index < -0.39 is 41.7 Å². The Balaban J connectivity index is 1.58. The Kier molecular flexibility index (Phi) is 21.5. The van der Waals surface area contributed by atoms with Gasteiger partial charge in [-0.2, -0.15) is 11.8 Å². The van der Waals surface area contributed by atoms with Gasteiger partial charge in [-0.3, -0.25) is 19.2 Å². The molecular formula is C45H78O11S3Si. The smallest absolute Gasteiger partial charge is 0.459 e. The minimum Gasteiger partial charge on any atom is -0.459 e. The van der Waals surface area contributed by atoms with Crippen molar-refractivity contribution in [3.05, 3.63) is 0 Å². The van der Waals surface area contributed by atoms with Crippen molar-refractivity contribution in [1.29, 1.82) is 0 Å². The molecule has 0 N–H and O–H groups in total. The molecule has 3 atom stereocenters. The van der Waals surface area contributed by atoms with Crippen LogP contribution in [0.2, 0.25) is 6.04 Å². The summed E-state index contributed by atoms with van der Waals surface area (Å²) in [5.74, 6) is 0.394. The molecule has 4 rings (SSSR count). The van der Waals surface area contributed by atoms with Crippen molar-refractivity contribution in [3.8, 4) is 0 Å². The number of esters is 4. The molecule has 346 valence electrons. The van der Waals surface area contributed by atoms with Gasteiger partial charge in [-0.1, -0.05) is 27.7 Å². The maximum Gasteiger partial charge on any atom is 0.500 e. The van der Waals surface area contributed by atoms with Gasteiger partial charge in [0.05, 0.1) is 12.8 Å². The highest BCUT2D eigenvalue weighted by Gasteiger charge is 2.44. The second kappa shape index (κ2) is 24.9. The van der Waals surface area contributed by atoms with Crippen LogP contribution in [0.3, 0.4) is 0 Å². The third-order valence-electron chi connectivity index (χ3n) is 14.0. The van der Waals surface area contributed by atoms with Gasteiger partial charge in [-0.25, -0.2) is 0 Å². The molecule has 0 heterocycles. The zero-order valence-corrected chi connectivity index (χ0v) is 41.5. The summed E-state index contributed by atoms with van der Waals surface area (Å²) in [4.78, 5) is 56.1. The summed E-state index contributed by atoms with van der Waals surface area (Å²) in [6.45, 7) is 8.26. The van der Waals surface area contributed by atoms with Crippen LogP contribution in [0.25, 0.3) is 0 Å². The second-order valence-corrected chi connectivity index (χ2v) is 24.7. The van der Waals surface area contributed by atoms with Gasteiger partial charge in [0.15, 0.2) is 0 Å². The molecule has 4 fully saturated rings. The fourth-order valence-corrected chi connectivity index (χ4v) is 15.8. The normalized spacial score (nSPS) is 21.9. The summed E-state index contributed by atoms with van der Waals surface area (Å²) in [6, 6.07) is 0.656. The summed E-state index contributed by atoms with van der Waals surface area (Å²) >= 11 is 4.60.